The molecule has 98 valence electrons. The van der Waals surface area contributed by atoms with E-state index >= 15 is 0 Å². The van der Waals surface area contributed by atoms with E-state index < -0.39 is 5.97 Å². The maximum atomic E-state index is 11.3. The molecule has 1 aliphatic heterocycles. The van der Waals surface area contributed by atoms with Crippen LogP contribution in [0.4, 0.5) is 0 Å². The number of aromatic nitrogens is 2. The van der Waals surface area contributed by atoms with Crippen LogP contribution in [-0.2, 0) is 13.5 Å². The van der Waals surface area contributed by atoms with E-state index in [2.05, 4.69) is 4.98 Å². The molecule has 0 saturated carbocycles. The van der Waals surface area contributed by atoms with Crippen molar-refractivity contribution in [3.63, 3.8) is 0 Å². The molecule has 1 aromatic carbocycles. The fourth-order valence-corrected chi connectivity index (χ4v) is 2.42. The molecular weight excluding hydrogens is 244 g/mol. The maximum Gasteiger partial charge on any atom is 0.356 e. The summed E-state index contributed by atoms with van der Waals surface area (Å²) < 4.78 is 7.27. The van der Waals surface area contributed by atoms with Crippen molar-refractivity contribution in [3.8, 4) is 17.0 Å². The summed E-state index contributed by atoms with van der Waals surface area (Å²) in [6.07, 6.45) is 0.864. The van der Waals surface area contributed by atoms with Gasteiger partial charge >= 0.3 is 5.97 Å². The van der Waals surface area contributed by atoms with Crippen LogP contribution in [0.25, 0.3) is 11.3 Å². The second-order valence-electron chi connectivity index (χ2n) is 4.64. The lowest BCUT2D eigenvalue weighted by Gasteiger charge is -2.07. The van der Waals surface area contributed by atoms with Crippen molar-refractivity contribution in [1.29, 1.82) is 0 Å². The lowest BCUT2D eigenvalue weighted by atomic mass is 10.0. The Kier molecular flexibility index (Phi) is 2.55. The van der Waals surface area contributed by atoms with Crippen molar-refractivity contribution >= 4 is 5.97 Å². The first-order valence-electron chi connectivity index (χ1n) is 6.10. The third-order valence-electron chi connectivity index (χ3n) is 3.48. The Morgan fingerprint density at radius 3 is 3.00 bits per heavy atom. The monoisotopic (exact) mass is 258 g/mol. The van der Waals surface area contributed by atoms with Crippen LogP contribution in [-0.4, -0.2) is 27.2 Å². The summed E-state index contributed by atoms with van der Waals surface area (Å²) in [6.45, 7) is 2.49. The number of rotatable bonds is 2. The molecule has 0 saturated heterocycles. The van der Waals surface area contributed by atoms with Gasteiger partial charge in [-0.3, -0.25) is 0 Å². The van der Waals surface area contributed by atoms with Gasteiger partial charge in [-0.2, -0.15) is 0 Å². The molecule has 1 N–H and O–H groups in total. The topological polar surface area (TPSA) is 64.3 Å². The van der Waals surface area contributed by atoms with Crippen molar-refractivity contribution in [2.75, 3.05) is 6.61 Å². The molecule has 0 unspecified atom stereocenters. The molecule has 19 heavy (non-hydrogen) atoms. The standard InChI is InChI=1S/C14H14N2O3/c1-8-15-12(14(17)18)13(16(8)2)10-3-4-11-9(7-10)5-6-19-11/h3-4,7H,5-6H2,1-2H3,(H,17,18). The van der Waals surface area contributed by atoms with Crippen molar-refractivity contribution in [3.05, 3.63) is 35.3 Å². The maximum absolute atomic E-state index is 11.3. The normalized spacial score (nSPS) is 13.2. The summed E-state index contributed by atoms with van der Waals surface area (Å²) in [7, 11) is 1.83. The number of carboxylic acid groups (broad SMARTS) is 1. The van der Waals surface area contributed by atoms with Crippen LogP contribution in [0.3, 0.4) is 0 Å². The summed E-state index contributed by atoms with van der Waals surface area (Å²) in [5, 5.41) is 9.26. The number of fused-ring (bicyclic) bond motifs is 1. The highest BCUT2D eigenvalue weighted by Crippen LogP contribution is 2.32. The van der Waals surface area contributed by atoms with Crippen molar-refractivity contribution < 1.29 is 14.6 Å². The number of benzene rings is 1. The molecule has 1 aromatic heterocycles. The van der Waals surface area contributed by atoms with E-state index in [0.29, 0.717) is 18.1 Å². The number of imidazole rings is 1. The Morgan fingerprint density at radius 2 is 2.26 bits per heavy atom. The molecule has 2 heterocycles. The average Bonchev–Trinajstić information content (AvgIpc) is 2.94. The summed E-state index contributed by atoms with van der Waals surface area (Å²) in [5.74, 6) is 0.569. The van der Waals surface area contributed by atoms with E-state index in [1.54, 1.807) is 11.5 Å². The molecule has 5 nitrogen and oxygen atoms in total. The first-order chi connectivity index (χ1) is 9.08. The number of ether oxygens (including phenoxy) is 1. The van der Waals surface area contributed by atoms with Crippen LogP contribution in [0.2, 0.25) is 0 Å². The molecule has 0 amide bonds. The quantitative estimate of drug-likeness (QED) is 0.895. The highest BCUT2D eigenvalue weighted by atomic mass is 16.5. The van der Waals surface area contributed by atoms with Gasteiger partial charge in [0.05, 0.1) is 12.3 Å². The van der Waals surface area contributed by atoms with Crippen LogP contribution < -0.4 is 4.74 Å². The van der Waals surface area contributed by atoms with Gasteiger partial charge in [0.2, 0.25) is 0 Å². The molecule has 5 heteroatoms. The van der Waals surface area contributed by atoms with Crippen LogP contribution in [0.1, 0.15) is 21.9 Å². The Hall–Kier alpha value is -2.30. The Morgan fingerprint density at radius 1 is 1.47 bits per heavy atom. The van der Waals surface area contributed by atoms with Gasteiger partial charge in [0, 0.05) is 19.0 Å². The van der Waals surface area contributed by atoms with E-state index in [4.69, 9.17) is 4.74 Å². The Balaban J connectivity index is 2.19. The number of hydrogen-bond acceptors (Lipinski definition) is 3. The van der Waals surface area contributed by atoms with E-state index in [1.165, 1.54) is 0 Å². The van der Waals surface area contributed by atoms with Gasteiger partial charge in [0.15, 0.2) is 5.69 Å². The zero-order chi connectivity index (χ0) is 13.6. The SMILES string of the molecule is Cc1nc(C(=O)O)c(-c2ccc3c(c2)CCO3)n1C. The Labute approximate surface area is 110 Å². The number of aromatic carboxylic acids is 1. The fraction of sp³-hybridized carbons (Fsp3) is 0.286. The predicted octanol–water partition coefficient (Wildman–Crippen LogP) is 2.03. The molecule has 0 bridgehead atoms. The van der Waals surface area contributed by atoms with Crippen LogP contribution in [0, 0.1) is 6.92 Å². The van der Waals surface area contributed by atoms with Crippen molar-refractivity contribution in [2.45, 2.75) is 13.3 Å². The van der Waals surface area contributed by atoms with Gasteiger partial charge in [-0.25, -0.2) is 9.78 Å². The van der Waals surface area contributed by atoms with E-state index in [0.717, 1.165) is 23.3 Å². The second-order valence-corrected chi connectivity index (χ2v) is 4.64. The fourth-order valence-electron chi connectivity index (χ4n) is 2.42. The Bertz CT molecular complexity index is 674. The predicted molar refractivity (Wildman–Crippen MR) is 69.5 cm³/mol. The molecule has 0 fully saturated rings. The van der Waals surface area contributed by atoms with Crippen molar-refractivity contribution in [1.82, 2.24) is 9.55 Å². The molecule has 3 rings (SSSR count). The van der Waals surface area contributed by atoms with Gasteiger partial charge in [-0.05, 0) is 30.7 Å². The van der Waals surface area contributed by atoms with E-state index in [-0.39, 0.29) is 5.69 Å². The highest BCUT2D eigenvalue weighted by molar-refractivity contribution is 5.93. The second kappa shape index (κ2) is 4.12. The zero-order valence-corrected chi connectivity index (χ0v) is 10.8. The zero-order valence-electron chi connectivity index (χ0n) is 10.8. The smallest absolute Gasteiger partial charge is 0.356 e. The van der Waals surface area contributed by atoms with Crippen LogP contribution in [0.5, 0.6) is 5.75 Å². The first kappa shape index (κ1) is 11.8. The number of nitrogens with zero attached hydrogens (tertiary/aromatic N) is 2. The molecular formula is C14H14N2O3. The van der Waals surface area contributed by atoms with Gasteiger partial charge < -0.3 is 14.4 Å². The highest BCUT2D eigenvalue weighted by Gasteiger charge is 2.21. The molecule has 2 aromatic rings. The lowest BCUT2D eigenvalue weighted by Crippen LogP contribution is -2.01. The molecule has 0 atom stereocenters. The lowest BCUT2D eigenvalue weighted by molar-refractivity contribution is 0.0692. The van der Waals surface area contributed by atoms with Crippen LogP contribution >= 0.6 is 0 Å². The molecule has 0 aliphatic carbocycles. The largest absolute Gasteiger partial charge is 0.493 e. The third-order valence-corrected chi connectivity index (χ3v) is 3.48. The summed E-state index contributed by atoms with van der Waals surface area (Å²) in [5.41, 5.74) is 2.72. The van der Waals surface area contributed by atoms with E-state index in [9.17, 15) is 9.90 Å². The molecule has 1 aliphatic rings. The third kappa shape index (κ3) is 1.78. The average molecular weight is 258 g/mol. The molecule has 0 spiro atoms. The minimum atomic E-state index is -1.00. The van der Waals surface area contributed by atoms with Gasteiger partial charge in [0.25, 0.3) is 0 Å². The van der Waals surface area contributed by atoms with Crippen molar-refractivity contribution in [2.24, 2.45) is 7.05 Å². The summed E-state index contributed by atoms with van der Waals surface area (Å²) >= 11 is 0. The van der Waals surface area contributed by atoms with Gasteiger partial charge in [0.1, 0.15) is 11.6 Å². The number of carboxylic acids is 1. The number of carbonyl (C=O) groups is 1. The van der Waals surface area contributed by atoms with Crippen LogP contribution in [0.15, 0.2) is 18.2 Å². The first-order valence-corrected chi connectivity index (χ1v) is 6.10. The summed E-state index contributed by atoms with van der Waals surface area (Å²) in [6, 6.07) is 5.77. The van der Waals surface area contributed by atoms with Gasteiger partial charge in [-0.1, -0.05) is 0 Å². The number of aryl methyl sites for hydroxylation is 1. The minimum Gasteiger partial charge on any atom is -0.493 e. The molecule has 0 radical (unpaired) electrons. The number of hydrogen-bond donors (Lipinski definition) is 1. The minimum absolute atomic E-state index is 0.0962. The van der Waals surface area contributed by atoms with E-state index in [1.807, 2.05) is 25.2 Å². The summed E-state index contributed by atoms with van der Waals surface area (Å²) in [4.78, 5) is 15.4. The van der Waals surface area contributed by atoms with Gasteiger partial charge in [-0.15, -0.1) is 0 Å².